The van der Waals surface area contributed by atoms with Crippen molar-refractivity contribution in [3.05, 3.63) is 55.4 Å². The molecule has 0 saturated carbocycles. The van der Waals surface area contributed by atoms with E-state index in [4.69, 9.17) is 23.2 Å². The first-order valence-electron chi connectivity index (χ1n) is 5.22. The van der Waals surface area contributed by atoms with Crippen molar-refractivity contribution in [2.24, 2.45) is 0 Å². The molecule has 0 bridgehead atoms. The van der Waals surface area contributed by atoms with E-state index in [1.165, 1.54) is 18.2 Å². The van der Waals surface area contributed by atoms with E-state index in [2.05, 4.69) is 36.6 Å². The van der Waals surface area contributed by atoms with Gasteiger partial charge >= 0.3 is 0 Å². The van der Waals surface area contributed by atoms with Crippen LogP contribution in [0, 0.1) is 0 Å². The number of anilines is 1. The Morgan fingerprint density at radius 3 is 2.25 bits per heavy atom. The highest BCUT2D eigenvalue weighted by atomic mass is 79.9. The molecule has 0 aliphatic rings. The van der Waals surface area contributed by atoms with Gasteiger partial charge in [0.1, 0.15) is 4.90 Å². The van der Waals surface area contributed by atoms with E-state index >= 15 is 0 Å². The van der Waals surface area contributed by atoms with E-state index in [0.29, 0.717) is 15.2 Å². The van der Waals surface area contributed by atoms with Crippen molar-refractivity contribution < 1.29 is 8.42 Å². The molecule has 0 fully saturated rings. The predicted octanol–water partition coefficient (Wildman–Crippen LogP) is 5.32. The molecule has 0 amide bonds. The van der Waals surface area contributed by atoms with Gasteiger partial charge in [-0.05, 0) is 52.3 Å². The number of hydrogen-bond donors (Lipinski definition) is 1. The summed E-state index contributed by atoms with van der Waals surface area (Å²) < 4.78 is 28.3. The Bertz CT molecular complexity index is 766. The molecule has 8 heteroatoms. The van der Waals surface area contributed by atoms with Gasteiger partial charge in [-0.2, -0.15) is 0 Å². The van der Waals surface area contributed by atoms with Crippen molar-refractivity contribution in [1.82, 2.24) is 0 Å². The van der Waals surface area contributed by atoms with E-state index in [1.54, 1.807) is 18.2 Å². The standard InChI is InChI=1S/C12H7Br2Cl2NO2S/c13-7-1-4-12(9(14)5-7)20(18,19)17-8-2-3-10(15)11(16)6-8/h1-6,17H. The quantitative estimate of drug-likeness (QED) is 0.675. The van der Waals surface area contributed by atoms with Gasteiger partial charge in [0.2, 0.25) is 0 Å². The third-order valence-corrected chi connectivity index (χ3v) is 5.95. The summed E-state index contributed by atoms with van der Waals surface area (Å²) in [7, 11) is -3.71. The molecule has 2 aromatic rings. The summed E-state index contributed by atoms with van der Waals surface area (Å²) >= 11 is 18.1. The van der Waals surface area contributed by atoms with Crippen LogP contribution in [-0.4, -0.2) is 8.42 Å². The zero-order valence-corrected chi connectivity index (χ0v) is 15.2. The number of halogens is 4. The zero-order valence-electron chi connectivity index (χ0n) is 9.70. The van der Waals surface area contributed by atoms with E-state index in [-0.39, 0.29) is 9.92 Å². The third kappa shape index (κ3) is 3.68. The second-order valence-electron chi connectivity index (χ2n) is 3.81. The molecule has 1 N–H and O–H groups in total. The maximum Gasteiger partial charge on any atom is 0.263 e. The van der Waals surface area contributed by atoms with Crippen LogP contribution >= 0.6 is 55.1 Å². The van der Waals surface area contributed by atoms with Crippen molar-refractivity contribution in [2.75, 3.05) is 4.72 Å². The highest BCUT2D eigenvalue weighted by molar-refractivity contribution is 9.11. The van der Waals surface area contributed by atoms with Crippen molar-refractivity contribution in [2.45, 2.75) is 4.90 Å². The molecule has 3 nitrogen and oxygen atoms in total. The van der Waals surface area contributed by atoms with Gasteiger partial charge in [-0.3, -0.25) is 4.72 Å². The Morgan fingerprint density at radius 1 is 0.950 bits per heavy atom. The minimum Gasteiger partial charge on any atom is -0.280 e. The Kier molecular flexibility index (Phi) is 5.02. The molecule has 0 atom stereocenters. The maximum atomic E-state index is 12.3. The molecule has 0 spiro atoms. The first-order chi connectivity index (χ1) is 9.29. The fourth-order valence-electron chi connectivity index (χ4n) is 1.46. The number of hydrogen-bond acceptors (Lipinski definition) is 2. The van der Waals surface area contributed by atoms with Gasteiger partial charge in [0.05, 0.1) is 15.7 Å². The minimum absolute atomic E-state index is 0.131. The fraction of sp³-hybridized carbons (Fsp3) is 0. The van der Waals surface area contributed by atoms with E-state index in [0.717, 1.165) is 4.47 Å². The Hall–Kier alpha value is -0.270. The Morgan fingerprint density at radius 2 is 1.65 bits per heavy atom. The molecule has 0 aliphatic heterocycles. The lowest BCUT2D eigenvalue weighted by Crippen LogP contribution is -2.13. The van der Waals surface area contributed by atoms with Gasteiger partial charge in [0.15, 0.2) is 0 Å². The van der Waals surface area contributed by atoms with Crippen LogP contribution in [0.4, 0.5) is 5.69 Å². The van der Waals surface area contributed by atoms with Crippen molar-refractivity contribution in [1.29, 1.82) is 0 Å². The molecule has 20 heavy (non-hydrogen) atoms. The normalized spacial score (nSPS) is 11.4. The average molecular weight is 460 g/mol. The number of rotatable bonds is 3. The van der Waals surface area contributed by atoms with Crippen molar-refractivity contribution in [3.63, 3.8) is 0 Å². The summed E-state index contributed by atoms with van der Waals surface area (Å²) in [6.07, 6.45) is 0. The van der Waals surface area contributed by atoms with Crippen LogP contribution < -0.4 is 4.72 Å². The second-order valence-corrected chi connectivity index (χ2v) is 8.04. The summed E-state index contributed by atoms with van der Waals surface area (Å²) in [4.78, 5) is 0.131. The fourth-order valence-corrected chi connectivity index (χ4v) is 4.56. The van der Waals surface area contributed by atoms with Gasteiger partial charge in [-0.15, -0.1) is 0 Å². The lowest BCUT2D eigenvalue weighted by atomic mass is 10.3. The van der Waals surface area contributed by atoms with Gasteiger partial charge < -0.3 is 0 Å². The van der Waals surface area contributed by atoms with Crippen LogP contribution in [-0.2, 0) is 10.0 Å². The lowest BCUT2D eigenvalue weighted by Gasteiger charge is -2.10. The first kappa shape index (κ1) is 16.1. The molecule has 0 heterocycles. The molecule has 0 aliphatic carbocycles. The van der Waals surface area contributed by atoms with Crippen LogP contribution in [0.15, 0.2) is 50.2 Å². The van der Waals surface area contributed by atoms with Gasteiger partial charge in [-0.1, -0.05) is 39.1 Å². The number of benzene rings is 2. The largest absolute Gasteiger partial charge is 0.280 e. The molecule has 0 saturated heterocycles. The van der Waals surface area contributed by atoms with Crippen molar-refractivity contribution >= 4 is 70.8 Å². The molecule has 2 rings (SSSR count). The average Bonchev–Trinajstić information content (AvgIpc) is 2.33. The number of nitrogens with one attached hydrogen (secondary N) is 1. The van der Waals surface area contributed by atoms with Gasteiger partial charge in [-0.25, -0.2) is 8.42 Å². The summed E-state index contributed by atoms with van der Waals surface area (Å²) in [6, 6.07) is 9.32. The highest BCUT2D eigenvalue weighted by Crippen LogP contribution is 2.29. The Labute approximate surface area is 143 Å². The van der Waals surface area contributed by atoms with Crippen LogP contribution in [0.2, 0.25) is 10.0 Å². The van der Waals surface area contributed by atoms with Crippen LogP contribution in [0.3, 0.4) is 0 Å². The second kappa shape index (κ2) is 6.23. The monoisotopic (exact) mass is 457 g/mol. The van der Waals surface area contributed by atoms with Crippen LogP contribution in [0.1, 0.15) is 0 Å². The first-order valence-corrected chi connectivity index (χ1v) is 9.05. The van der Waals surface area contributed by atoms with Gasteiger partial charge in [0.25, 0.3) is 10.0 Å². The molecule has 2 aromatic carbocycles. The molecule has 106 valence electrons. The summed E-state index contributed by atoms with van der Waals surface area (Å²) in [5, 5.41) is 0.640. The lowest BCUT2D eigenvalue weighted by molar-refractivity contribution is 0.600. The van der Waals surface area contributed by atoms with Gasteiger partial charge in [0, 0.05) is 8.95 Å². The van der Waals surface area contributed by atoms with E-state index in [9.17, 15) is 8.42 Å². The van der Waals surface area contributed by atoms with Crippen LogP contribution in [0.25, 0.3) is 0 Å². The predicted molar refractivity (Wildman–Crippen MR) is 89.1 cm³/mol. The topological polar surface area (TPSA) is 46.2 Å². The number of sulfonamides is 1. The van der Waals surface area contributed by atoms with Crippen LogP contribution in [0.5, 0.6) is 0 Å². The molecule has 0 aromatic heterocycles. The molecular weight excluding hydrogens is 453 g/mol. The summed E-state index contributed by atoms with van der Waals surface area (Å²) in [5.41, 5.74) is 0.342. The minimum atomic E-state index is -3.71. The zero-order chi connectivity index (χ0) is 14.9. The Balaban J connectivity index is 2.38. The SMILES string of the molecule is O=S(=O)(Nc1ccc(Cl)c(Cl)c1)c1ccc(Br)cc1Br. The highest BCUT2D eigenvalue weighted by Gasteiger charge is 2.18. The molecule has 0 radical (unpaired) electrons. The molecular formula is C12H7Br2Cl2NO2S. The van der Waals surface area contributed by atoms with Crippen molar-refractivity contribution in [3.8, 4) is 0 Å². The summed E-state index contributed by atoms with van der Waals surface area (Å²) in [6.45, 7) is 0. The van der Waals surface area contributed by atoms with E-state index < -0.39 is 10.0 Å². The smallest absolute Gasteiger partial charge is 0.263 e. The third-order valence-electron chi connectivity index (χ3n) is 2.36. The van der Waals surface area contributed by atoms with E-state index in [1.807, 2.05) is 0 Å². The summed E-state index contributed by atoms with van der Waals surface area (Å²) in [5.74, 6) is 0. The molecule has 0 unspecified atom stereocenters. The maximum absolute atomic E-state index is 12.3.